The maximum atomic E-state index is 13.2. The second kappa shape index (κ2) is 6.77. The zero-order valence-electron chi connectivity index (χ0n) is 15.6. The molecule has 140 valence electrons. The molecule has 0 unspecified atom stereocenters. The van der Waals surface area contributed by atoms with Gasteiger partial charge >= 0.3 is 0 Å². The molecule has 0 N–H and O–H groups in total. The molecule has 2 aromatic heterocycles. The third-order valence-electron chi connectivity index (χ3n) is 5.96. The molecular weight excluding hydrogens is 356 g/mol. The van der Waals surface area contributed by atoms with Gasteiger partial charge in [-0.1, -0.05) is 31.2 Å². The van der Waals surface area contributed by atoms with Crippen molar-refractivity contribution in [3.8, 4) is 11.3 Å². The predicted molar refractivity (Wildman–Crippen MR) is 108 cm³/mol. The van der Waals surface area contributed by atoms with Crippen molar-refractivity contribution in [1.82, 2.24) is 19.2 Å². The van der Waals surface area contributed by atoms with Crippen LogP contribution in [0, 0.1) is 0 Å². The van der Waals surface area contributed by atoms with Gasteiger partial charge in [0.25, 0.3) is 5.91 Å². The number of piperazine rings is 1. The highest BCUT2D eigenvalue weighted by molar-refractivity contribution is 7.15. The third-order valence-corrected chi connectivity index (χ3v) is 6.80. The summed E-state index contributed by atoms with van der Waals surface area (Å²) in [6.07, 6.45) is 5.51. The molecule has 2 aliphatic heterocycles. The zero-order chi connectivity index (χ0) is 18.4. The Hall–Kier alpha value is -2.18. The van der Waals surface area contributed by atoms with Crippen LogP contribution in [0.5, 0.6) is 0 Å². The van der Waals surface area contributed by atoms with Gasteiger partial charge in [0.2, 0.25) is 0 Å². The summed E-state index contributed by atoms with van der Waals surface area (Å²) < 4.78 is 1.97. The molecule has 3 aromatic rings. The van der Waals surface area contributed by atoms with Crippen LogP contribution in [-0.4, -0.2) is 57.3 Å². The van der Waals surface area contributed by atoms with Crippen molar-refractivity contribution in [2.24, 2.45) is 0 Å². The number of carbonyl (C=O) groups is 1. The van der Waals surface area contributed by atoms with Crippen molar-refractivity contribution >= 4 is 22.2 Å². The molecule has 1 atom stereocenters. The number of carbonyl (C=O) groups excluding carboxylic acids is 1. The van der Waals surface area contributed by atoms with Crippen LogP contribution in [0.1, 0.15) is 35.8 Å². The highest BCUT2D eigenvalue weighted by Crippen LogP contribution is 2.27. The lowest BCUT2D eigenvalue weighted by Crippen LogP contribution is -2.52. The summed E-state index contributed by atoms with van der Waals surface area (Å²) in [4.78, 5) is 23.3. The van der Waals surface area contributed by atoms with E-state index < -0.39 is 0 Å². The van der Waals surface area contributed by atoms with E-state index in [0.29, 0.717) is 6.04 Å². The lowest BCUT2D eigenvalue weighted by atomic mass is 10.1. The van der Waals surface area contributed by atoms with Crippen molar-refractivity contribution < 1.29 is 4.79 Å². The van der Waals surface area contributed by atoms with Crippen LogP contribution in [-0.2, 0) is 6.42 Å². The summed E-state index contributed by atoms with van der Waals surface area (Å²) >= 11 is 1.54. The highest BCUT2D eigenvalue weighted by Gasteiger charge is 2.33. The van der Waals surface area contributed by atoms with Gasteiger partial charge in [-0.15, -0.1) is 11.3 Å². The minimum Gasteiger partial charge on any atom is -0.334 e. The Kier molecular flexibility index (Phi) is 4.25. The molecule has 0 bridgehead atoms. The van der Waals surface area contributed by atoms with E-state index in [1.54, 1.807) is 11.3 Å². The Morgan fingerprint density at radius 2 is 2.07 bits per heavy atom. The average molecular weight is 381 g/mol. The number of fused-ring (bicyclic) bond motifs is 2. The van der Waals surface area contributed by atoms with Crippen molar-refractivity contribution in [1.29, 1.82) is 0 Å². The van der Waals surface area contributed by atoms with Gasteiger partial charge in [0.15, 0.2) is 4.96 Å². The van der Waals surface area contributed by atoms with Crippen molar-refractivity contribution in [2.75, 3.05) is 26.2 Å². The Labute approximate surface area is 163 Å². The quantitative estimate of drug-likeness (QED) is 0.698. The van der Waals surface area contributed by atoms with E-state index in [1.165, 1.54) is 24.9 Å². The van der Waals surface area contributed by atoms with Gasteiger partial charge in [-0.05, 0) is 31.4 Å². The van der Waals surface area contributed by atoms with Gasteiger partial charge < -0.3 is 4.90 Å². The molecule has 0 saturated carbocycles. The molecule has 4 heterocycles. The van der Waals surface area contributed by atoms with Gasteiger partial charge in [0, 0.05) is 42.8 Å². The number of hydrogen-bond acceptors (Lipinski definition) is 4. The first-order valence-electron chi connectivity index (χ1n) is 9.82. The van der Waals surface area contributed by atoms with Crippen LogP contribution in [0.25, 0.3) is 16.2 Å². The number of hydrogen-bond donors (Lipinski definition) is 0. The molecule has 5 rings (SSSR count). The van der Waals surface area contributed by atoms with E-state index in [-0.39, 0.29) is 5.91 Å². The van der Waals surface area contributed by atoms with Crippen LogP contribution >= 0.6 is 11.3 Å². The van der Waals surface area contributed by atoms with Crippen LogP contribution in [0.4, 0.5) is 0 Å². The first-order chi connectivity index (χ1) is 13.2. The number of rotatable bonds is 3. The van der Waals surface area contributed by atoms with Crippen LogP contribution in [0.3, 0.4) is 0 Å². The maximum absolute atomic E-state index is 13.2. The largest absolute Gasteiger partial charge is 0.334 e. The highest BCUT2D eigenvalue weighted by atomic mass is 32.1. The number of aryl methyl sites for hydroxylation is 1. The minimum atomic E-state index is 0.137. The van der Waals surface area contributed by atoms with Crippen molar-refractivity contribution in [3.05, 3.63) is 47.1 Å². The predicted octanol–water partition coefficient (Wildman–Crippen LogP) is 3.55. The summed E-state index contributed by atoms with van der Waals surface area (Å²) in [5.74, 6) is 0.137. The fourth-order valence-corrected chi connectivity index (χ4v) is 5.17. The standard InChI is InChI=1S/C21H24N4OS/c1-2-15-5-7-16(8-6-15)18-13-25-19(14-27-21(25)22-18)20(26)24-11-10-23-9-3-4-17(23)12-24/h5-8,13-14,17H,2-4,9-12H2,1H3/t17-/m0/s1. The molecule has 2 saturated heterocycles. The van der Waals surface area contributed by atoms with E-state index in [0.717, 1.165) is 48.0 Å². The summed E-state index contributed by atoms with van der Waals surface area (Å²) in [5.41, 5.74) is 4.09. The first-order valence-corrected chi connectivity index (χ1v) is 10.7. The zero-order valence-corrected chi connectivity index (χ0v) is 16.4. The topological polar surface area (TPSA) is 40.9 Å². The Bertz CT molecular complexity index is 974. The van der Waals surface area contributed by atoms with E-state index >= 15 is 0 Å². The lowest BCUT2D eigenvalue weighted by Gasteiger charge is -2.37. The van der Waals surface area contributed by atoms with Crippen LogP contribution in [0.2, 0.25) is 0 Å². The summed E-state index contributed by atoms with van der Waals surface area (Å²) in [6, 6.07) is 9.08. The molecule has 6 heteroatoms. The van der Waals surface area contributed by atoms with Gasteiger partial charge in [-0.2, -0.15) is 0 Å². The van der Waals surface area contributed by atoms with Crippen molar-refractivity contribution in [2.45, 2.75) is 32.2 Å². The Morgan fingerprint density at radius 1 is 1.22 bits per heavy atom. The van der Waals surface area contributed by atoms with Gasteiger partial charge in [0.05, 0.1) is 5.69 Å². The number of nitrogens with zero attached hydrogens (tertiary/aromatic N) is 4. The van der Waals surface area contributed by atoms with Crippen molar-refractivity contribution in [3.63, 3.8) is 0 Å². The fourth-order valence-electron chi connectivity index (χ4n) is 4.33. The maximum Gasteiger partial charge on any atom is 0.271 e. The molecule has 0 spiro atoms. The molecule has 1 aromatic carbocycles. The second-order valence-corrected chi connectivity index (χ2v) is 8.37. The molecule has 5 nitrogen and oxygen atoms in total. The SMILES string of the molecule is CCc1ccc(-c2cn3c(C(=O)N4CCN5CCC[C@H]5C4)csc3n2)cc1. The fraction of sp³-hybridized carbons (Fsp3) is 0.429. The van der Waals surface area contributed by atoms with E-state index in [2.05, 4.69) is 36.1 Å². The Balaban J connectivity index is 1.42. The van der Waals surface area contributed by atoms with E-state index in [4.69, 9.17) is 4.98 Å². The Morgan fingerprint density at radius 3 is 2.89 bits per heavy atom. The van der Waals surface area contributed by atoms with Gasteiger partial charge in [0.1, 0.15) is 5.69 Å². The monoisotopic (exact) mass is 380 g/mol. The first kappa shape index (κ1) is 17.0. The molecule has 27 heavy (non-hydrogen) atoms. The molecule has 0 radical (unpaired) electrons. The van der Waals surface area contributed by atoms with Crippen LogP contribution < -0.4 is 0 Å². The smallest absolute Gasteiger partial charge is 0.271 e. The lowest BCUT2D eigenvalue weighted by molar-refractivity contribution is 0.0565. The number of benzene rings is 1. The van der Waals surface area contributed by atoms with Crippen LogP contribution in [0.15, 0.2) is 35.8 Å². The molecule has 0 aliphatic carbocycles. The normalized spacial score (nSPS) is 20.3. The van der Waals surface area contributed by atoms with Gasteiger partial charge in [-0.3, -0.25) is 14.1 Å². The molecule has 2 fully saturated rings. The second-order valence-electron chi connectivity index (χ2n) is 7.53. The number of amides is 1. The molecular formula is C21H24N4OS. The summed E-state index contributed by atoms with van der Waals surface area (Å²) in [7, 11) is 0. The van der Waals surface area contributed by atoms with E-state index in [1.807, 2.05) is 20.9 Å². The minimum absolute atomic E-state index is 0.137. The summed E-state index contributed by atoms with van der Waals surface area (Å²) in [5, 5.41) is 1.95. The molecule has 2 aliphatic rings. The van der Waals surface area contributed by atoms with E-state index in [9.17, 15) is 4.79 Å². The van der Waals surface area contributed by atoms with Gasteiger partial charge in [-0.25, -0.2) is 4.98 Å². The molecule has 1 amide bonds. The average Bonchev–Trinajstić information content (AvgIpc) is 3.42. The summed E-state index contributed by atoms with van der Waals surface area (Å²) in [6.45, 7) is 6.04. The number of thiazole rings is 1. The number of imidazole rings is 1. The third kappa shape index (κ3) is 2.97. The number of aromatic nitrogens is 2.